The molecule has 1 aliphatic carbocycles. The lowest BCUT2D eigenvalue weighted by Crippen LogP contribution is -2.34. The van der Waals surface area contributed by atoms with Gasteiger partial charge in [-0.15, -0.1) is 0 Å². The first kappa shape index (κ1) is 13.8. The smallest absolute Gasteiger partial charge is 0.207 e. The second kappa shape index (κ2) is 5.34. The molecule has 0 atom stereocenters. The molecule has 0 bridgehead atoms. The van der Waals surface area contributed by atoms with Crippen LogP contribution in [0.1, 0.15) is 37.3 Å². The molecule has 0 fully saturated rings. The molecule has 2 aliphatic rings. The van der Waals surface area contributed by atoms with Crippen LogP contribution < -0.4 is 0 Å². The monoisotopic (exact) mass is 291 g/mol. The Kier molecular flexibility index (Phi) is 3.69. The van der Waals surface area contributed by atoms with E-state index in [-0.39, 0.29) is 0 Å². The Hall–Kier alpha value is -1.13. The molecule has 0 amide bonds. The van der Waals surface area contributed by atoms with E-state index in [1.165, 1.54) is 16.7 Å². The summed E-state index contributed by atoms with van der Waals surface area (Å²) in [5, 5.41) is 0. The molecule has 3 rings (SSSR count). The van der Waals surface area contributed by atoms with E-state index in [0.717, 1.165) is 32.1 Å². The van der Waals surface area contributed by atoms with E-state index in [1.54, 1.807) is 10.4 Å². The molecule has 108 valence electrons. The number of nitrogens with zero attached hydrogens (tertiary/aromatic N) is 1. The van der Waals surface area contributed by atoms with Crippen molar-refractivity contribution in [3.8, 4) is 0 Å². The first-order valence-corrected chi connectivity index (χ1v) is 8.85. The Labute approximate surface area is 121 Å². The molecule has 3 nitrogen and oxygen atoms in total. The van der Waals surface area contributed by atoms with Gasteiger partial charge in [-0.25, -0.2) is 8.42 Å². The summed E-state index contributed by atoms with van der Waals surface area (Å²) in [6.45, 7) is 3.25. The van der Waals surface area contributed by atoms with E-state index in [2.05, 4.69) is 13.0 Å². The van der Waals surface area contributed by atoms with Gasteiger partial charge in [-0.05, 0) is 55.4 Å². The summed E-state index contributed by atoms with van der Waals surface area (Å²) in [6.07, 6.45) is 7.19. The molecular weight excluding hydrogens is 270 g/mol. The summed E-state index contributed by atoms with van der Waals surface area (Å²) in [4.78, 5) is 0.464. The second-order valence-corrected chi connectivity index (χ2v) is 7.55. The highest BCUT2D eigenvalue weighted by molar-refractivity contribution is 7.89. The molecule has 20 heavy (non-hydrogen) atoms. The van der Waals surface area contributed by atoms with Crippen molar-refractivity contribution in [2.75, 3.05) is 13.1 Å². The Bertz CT molecular complexity index is 646. The van der Waals surface area contributed by atoms with E-state index >= 15 is 0 Å². The number of benzene rings is 1. The number of sulfonamides is 1. The molecule has 0 N–H and O–H groups in total. The molecule has 1 aliphatic heterocycles. The SMILES string of the molecule is CCC1=CCN(S(=O)(=O)c2ccc3c(c2)CCC3)CC1. The highest BCUT2D eigenvalue weighted by Crippen LogP contribution is 2.27. The zero-order chi connectivity index (χ0) is 14.2. The van der Waals surface area contributed by atoms with E-state index in [0.29, 0.717) is 18.0 Å². The van der Waals surface area contributed by atoms with Crippen LogP contribution in [0, 0.1) is 0 Å². The number of hydrogen-bond donors (Lipinski definition) is 0. The molecule has 4 heteroatoms. The van der Waals surface area contributed by atoms with Gasteiger partial charge in [0.05, 0.1) is 4.90 Å². The summed E-state index contributed by atoms with van der Waals surface area (Å²) in [6, 6.07) is 5.65. The zero-order valence-corrected chi connectivity index (χ0v) is 12.7. The molecule has 0 unspecified atom stereocenters. The van der Waals surface area contributed by atoms with Gasteiger partial charge in [0.15, 0.2) is 0 Å². The summed E-state index contributed by atoms with van der Waals surface area (Å²) in [5.41, 5.74) is 3.90. The van der Waals surface area contributed by atoms with Crippen molar-refractivity contribution in [1.29, 1.82) is 0 Å². The van der Waals surface area contributed by atoms with Crippen LogP contribution in [-0.4, -0.2) is 25.8 Å². The van der Waals surface area contributed by atoms with Gasteiger partial charge in [0.25, 0.3) is 0 Å². The average molecular weight is 291 g/mol. The van der Waals surface area contributed by atoms with Gasteiger partial charge in [0, 0.05) is 13.1 Å². The predicted octanol–water partition coefficient (Wildman–Crippen LogP) is 2.91. The number of rotatable bonds is 3. The van der Waals surface area contributed by atoms with Crippen LogP contribution in [0.15, 0.2) is 34.7 Å². The zero-order valence-electron chi connectivity index (χ0n) is 11.9. The largest absolute Gasteiger partial charge is 0.243 e. The van der Waals surface area contributed by atoms with E-state index < -0.39 is 10.0 Å². The minimum Gasteiger partial charge on any atom is -0.207 e. The third kappa shape index (κ3) is 2.42. The number of hydrogen-bond acceptors (Lipinski definition) is 2. The molecule has 1 aromatic rings. The quantitative estimate of drug-likeness (QED) is 0.803. The third-order valence-electron chi connectivity index (χ3n) is 4.43. The Morgan fingerprint density at radius 3 is 2.65 bits per heavy atom. The lowest BCUT2D eigenvalue weighted by molar-refractivity contribution is 0.429. The van der Waals surface area contributed by atoms with Gasteiger partial charge in [-0.1, -0.05) is 24.6 Å². The minimum atomic E-state index is -3.33. The molecule has 0 saturated heterocycles. The molecule has 0 spiro atoms. The normalized spacial score (nSPS) is 19.8. The van der Waals surface area contributed by atoms with Crippen molar-refractivity contribution in [1.82, 2.24) is 4.31 Å². The molecule has 0 radical (unpaired) electrons. The maximum Gasteiger partial charge on any atom is 0.243 e. The van der Waals surface area contributed by atoms with Crippen LogP contribution in [0.3, 0.4) is 0 Å². The molecule has 1 heterocycles. The topological polar surface area (TPSA) is 37.4 Å². The fourth-order valence-electron chi connectivity index (χ4n) is 3.09. The fraction of sp³-hybridized carbons (Fsp3) is 0.500. The Morgan fingerprint density at radius 2 is 1.95 bits per heavy atom. The average Bonchev–Trinajstić information content (AvgIpc) is 2.94. The predicted molar refractivity (Wildman–Crippen MR) is 80.2 cm³/mol. The van der Waals surface area contributed by atoms with Crippen molar-refractivity contribution < 1.29 is 8.42 Å². The maximum atomic E-state index is 12.7. The lowest BCUT2D eigenvalue weighted by atomic mass is 10.1. The minimum absolute atomic E-state index is 0.464. The van der Waals surface area contributed by atoms with Crippen LogP contribution in [-0.2, 0) is 22.9 Å². The first-order chi connectivity index (χ1) is 9.61. The van der Waals surface area contributed by atoms with Crippen LogP contribution >= 0.6 is 0 Å². The van der Waals surface area contributed by atoms with Gasteiger partial charge in [-0.3, -0.25) is 0 Å². The maximum absolute atomic E-state index is 12.7. The fourth-order valence-corrected chi connectivity index (χ4v) is 4.52. The van der Waals surface area contributed by atoms with Crippen molar-refractivity contribution >= 4 is 10.0 Å². The van der Waals surface area contributed by atoms with Gasteiger partial charge in [0.1, 0.15) is 0 Å². The summed E-state index contributed by atoms with van der Waals surface area (Å²) in [7, 11) is -3.33. The highest BCUT2D eigenvalue weighted by Gasteiger charge is 2.26. The van der Waals surface area contributed by atoms with E-state index in [9.17, 15) is 8.42 Å². The molecule has 0 aromatic heterocycles. The van der Waals surface area contributed by atoms with Crippen molar-refractivity contribution in [3.05, 3.63) is 41.0 Å². The number of aryl methyl sites for hydroxylation is 2. The standard InChI is InChI=1S/C16H21NO2S/c1-2-13-8-10-17(11-9-13)20(18,19)16-7-6-14-4-3-5-15(14)12-16/h6-8,12H,2-5,9-11H2,1H3. The summed E-state index contributed by atoms with van der Waals surface area (Å²) >= 11 is 0. The van der Waals surface area contributed by atoms with Crippen LogP contribution in [0.25, 0.3) is 0 Å². The van der Waals surface area contributed by atoms with E-state index in [1.807, 2.05) is 12.1 Å². The van der Waals surface area contributed by atoms with Crippen LogP contribution in [0.5, 0.6) is 0 Å². The number of fused-ring (bicyclic) bond motifs is 1. The second-order valence-electron chi connectivity index (χ2n) is 5.61. The molecular formula is C16H21NO2S. The molecule has 1 aromatic carbocycles. The molecule has 0 saturated carbocycles. The third-order valence-corrected chi connectivity index (χ3v) is 6.29. The summed E-state index contributed by atoms with van der Waals surface area (Å²) in [5.74, 6) is 0. The Balaban J connectivity index is 1.87. The lowest BCUT2D eigenvalue weighted by Gasteiger charge is -2.25. The van der Waals surface area contributed by atoms with Gasteiger partial charge in [0.2, 0.25) is 10.0 Å². The van der Waals surface area contributed by atoms with Crippen LogP contribution in [0.4, 0.5) is 0 Å². The van der Waals surface area contributed by atoms with Crippen molar-refractivity contribution in [2.45, 2.75) is 43.9 Å². The van der Waals surface area contributed by atoms with Crippen LogP contribution in [0.2, 0.25) is 0 Å². The first-order valence-electron chi connectivity index (χ1n) is 7.41. The Morgan fingerprint density at radius 1 is 1.15 bits per heavy atom. The van der Waals surface area contributed by atoms with Gasteiger partial charge in [-0.2, -0.15) is 4.31 Å². The van der Waals surface area contributed by atoms with Crippen molar-refractivity contribution in [3.63, 3.8) is 0 Å². The highest BCUT2D eigenvalue weighted by atomic mass is 32.2. The van der Waals surface area contributed by atoms with Crippen molar-refractivity contribution in [2.24, 2.45) is 0 Å². The van der Waals surface area contributed by atoms with Gasteiger partial charge >= 0.3 is 0 Å². The van der Waals surface area contributed by atoms with E-state index in [4.69, 9.17) is 0 Å². The van der Waals surface area contributed by atoms with Gasteiger partial charge < -0.3 is 0 Å². The summed E-state index contributed by atoms with van der Waals surface area (Å²) < 4.78 is 27.0.